The van der Waals surface area contributed by atoms with Crippen LogP contribution < -0.4 is 0 Å². The summed E-state index contributed by atoms with van der Waals surface area (Å²) in [4.78, 5) is 13.8. The third kappa shape index (κ3) is 5.39. The SMILES string of the molecule is O=C(O)c1ccc2c(c1)CCCC(c1c(F)cc(F)cc1F)=C2c1ccc(CC2CN(CCCF)C2)cc1. The van der Waals surface area contributed by atoms with Crippen LogP contribution in [0.15, 0.2) is 54.6 Å². The maximum Gasteiger partial charge on any atom is 0.335 e. The summed E-state index contributed by atoms with van der Waals surface area (Å²) in [6.07, 6.45) is 2.91. The van der Waals surface area contributed by atoms with Gasteiger partial charge in [-0.15, -0.1) is 0 Å². The van der Waals surface area contributed by atoms with Crippen molar-refractivity contribution in [3.05, 3.63) is 105 Å². The number of carbonyl (C=O) groups is 1. The standard InChI is InChI=1S/C31H29F4NO2/c32-11-2-12-36-17-20(18-36)13-19-5-7-21(8-6-19)29-25-10-9-23(31(37)38)14-22(25)3-1-4-26(29)30-27(34)15-24(33)16-28(30)35/h5-10,14-16,20H,1-4,11-13,17-18H2,(H,37,38). The van der Waals surface area contributed by atoms with Gasteiger partial charge in [0.15, 0.2) is 0 Å². The van der Waals surface area contributed by atoms with Crippen LogP contribution in [-0.4, -0.2) is 42.3 Å². The lowest BCUT2D eigenvalue weighted by molar-refractivity contribution is 0.0696. The fourth-order valence-electron chi connectivity index (χ4n) is 5.74. The molecule has 0 bridgehead atoms. The molecule has 1 heterocycles. The van der Waals surface area contributed by atoms with Crippen LogP contribution in [0.25, 0.3) is 11.1 Å². The average Bonchev–Trinajstić information content (AvgIpc) is 3.04. The topological polar surface area (TPSA) is 40.5 Å². The first-order valence-corrected chi connectivity index (χ1v) is 13.0. The van der Waals surface area contributed by atoms with Gasteiger partial charge in [0, 0.05) is 31.8 Å². The highest BCUT2D eigenvalue weighted by Crippen LogP contribution is 2.42. The van der Waals surface area contributed by atoms with Crippen LogP contribution in [0.3, 0.4) is 0 Å². The predicted molar refractivity (Wildman–Crippen MR) is 139 cm³/mol. The predicted octanol–water partition coefficient (Wildman–Crippen LogP) is 6.93. The van der Waals surface area contributed by atoms with Gasteiger partial charge in [0.1, 0.15) is 17.5 Å². The van der Waals surface area contributed by atoms with Crippen molar-refractivity contribution in [1.29, 1.82) is 0 Å². The second kappa shape index (κ2) is 11.1. The maximum atomic E-state index is 15.0. The largest absolute Gasteiger partial charge is 0.478 e. The molecule has 0 radical (unpaired) electrons. The summed E-state index contributed by atoms with van der Waals surface area (Å²) < 4.78 is 56.2. The highest BCUT2D eigenvalue weighted by molar-refractivity contribution is 6.00. The zero-order valence-electron chi connectivity index (χ0n) is 21.0. The van der Waals surface area contributed by atoms with Crippen LogP contribution in [0.4, 0.5) is 17.6 Å². The Balaban J connectivity index is 1.54. The number of carboxylic acids is 1. The molecule has 1 N–H and O–H groups in total. The monoisotopic (exact) mass is 523 g/mol. The Morgan fingerprint density at radius 2 is 1.66 bits per heavy atom. The molecule has 1 aliphatic heterocycles. The van der Waals surface area contributed by atoms with Gasteiger partial charge in [-0.05, 0) is 83.6 Å². The number of alkyl halides is 1. The highest BCUT2D eigenvalue weighted by Gasteiger charge is 2.27. The van der Waals surface area contributed by atoms with Gasteiger partial charge in [-0.1, -0.05) is 30.3 Å². The van der Waals surface area contributed by atoms with E-state index < -0.39 is 23.4 Å². The maximum absolute atomic E-state index is 15.0. The molecule has 3 nitrogen and oxygen atoms in total. The number of hydrogen-bond acceptors (Lipinski definition) is 2. The molecular formula is C31H29F4NO2. The Kier molecular flexibility index (Phi) is 7.65. The van der Waals surface area contributed by atoms with Crippen molar-refractivity contribution in [1.82, 2.24) is 4.90 Å². The molecule has 0 atom stereocenters. The van der Waals surface area contributed by atoms with Gasteiger partial charge in [-0.2, -0.15) is 0 Å². The molecule has 1 fully saturated rings. The first kappa shape index (κ1) is 26.2. The summed E-state index contributed by atoms with van der Waals surface area (Å²) in [5.74, 6) is -3.43. The summed E-state index contributed by atoms with van der Waals surface area (Å²) in [5.41, 5.74) is 4.40. The average molecular weight is 524 g/mol. The van der Waals surface area contributed by atoms with E-state index in [-0.39, 0.29) is 17.8 Å². The van der Waals surface area contributed by atoms with E-state index in [9.17, 15) is 18.7 Å². The highest BCUT2D eigenvalue weighted by atomic mass is 19.1. The molecule has 5 rings (SSSR count). The molecule has 7 heteroatoms. The smallest absolute Gasteiger partial charge is 0.335 e. The minimum Gasteiger partial charge on any atom is -0.478 e. The van der Waals surface area contributed by atoms with E-state index in [4.69, 9.17) is 0 Å². The molecule has 1 saturated heterocycles. The van der Waals surface area contributed by atoms with Crippen molar-refractivity contribution in [2.45, 2.75) is 32.1 Å². The third-order valence-electron chi connectivity index (χ3n) is 7.51. The lowest BCUT2D eigenvalue weighted by atomic mass is 9.86. The number of benzene rings is 3. The quantitative estimate of drug-likeness (QED) is 0.326. The van der Waals surface area contributed by atoms with Crippen molar-refractivity contribution >= 4 is 17.1 Å². The molecule has 2 aliphatic rings. The van der Waals surface area contributed by atoms with Gasteiger partial charge in [0.05, 0.1) is 17.8 Å². The molecule has 0 unspecified atom stereocenters. The fourth-order valence-corrected chi connectivity index (χ4v) is 5.74. The van der Waals surface area contributed by atoms with Crippen molar-refractivity contribution in [2.24, 2.45) is 5.92 Å². The Morgan fingerprint density at radius 1 is 0.947 bits per heavy atom. The van der Waals surface area contributed by atoms with E-state index in [0.717, 1.165) is 48.3 Å². The first-order valence-electron chi connectivity index (χ1n) is 13.0. The second-order valence-corrected chi connectivity index (χ2v) is 10.2. The number of halogens is 4. The number of fused-ring (bicyclic) bond motifs is 1. The number of aromatic carboxylic acids is 1. The minimum atomic E-state index is -1.04. The van der Waals surface area contributed by atoms with Crippen LogP contribution in [0, 0.1) is 23.4 Å². The fraction of sp³-hybridized carbons (Fsp3) is 0.323. The van der Waals surface area contributed by atoms with Gasteiger partial charge in [0.25, 0.3) is 0 Å². The van der Waals surface area contributed by atoms with Gasteiger partial charge in [0.2, 0.25) is 0 Å². The van der Waals surface area contributed by atoms with Crippen LogP contribution in [-0.2, 0) is 12.8 Å². The molecule has 0 saturated carbocycles. The molecule has 0 aromatic heterocycles. The van der Waals surface area contributed by atoms with E-state index in [1.807, 2.05) is 24.3 Å². The number of rotatable bonds is 8. The van der Waals surface area contributed by atoms with Gasteiger partial charge in [-0.3, -0.25) is 4.39 Å². The van der Waals surface area contributed by atoms with E-state index in [1.54, 1.807) is 12.1 Å². The summed E-state index contributed by atoms with van der Waals surface area (Å²) in [7, 11) is 0. The van der Waals surface area contributed by atoms with Gasteiger partial charge in [-0.25, -0.2) is 18.0 Å². The summed E-state index contributed by atoms with van der Waals surface area (Å²) in [6, 6.07) is 14.1. The summed E-state index contributed by atoms with van der Waals surface area (Å²) in [5, 5.41) is 9.49. The van der Waals surface area contributed by atoms with Crippen molar-refractivity contribution < 1.29 is 27.5 Å². The Bertz CT molecular complexity index is 1350. The van der Waals surface area contributed by atoms with E-state index >= 15 is 8.78 Å². The normalized spacial score (nSPS) is 16.2. The lowest BCUT2D eigenvalue weighted by Gasteiger charge is -2.39. The van der Waals surface area contributed by atoms with E-state index in [2.05, 4.69) is 4.90 Å². The lowest BCUT2D eigenvalue weighted by Crippen LogP contribution is -2.47. The van der Waals surface area contributed by atoms with E-state index in [0.29, 0.717) is 54.9 Å². The molecule has 38 heavy (non-hydrogen) atoms. The number of hydrogen-bond donors (Lipinski definition) is 1. The Hall–Kier alpha value is -3.45. The van der Waals surface area contributed by atoms with Crippen LogP contribution in [0.2, 0.25) is 0 Å². The summed E-state index contributed by atoms with van der Waals surface area (Å²) >= 11 is 0. The third-order valence-corrected chi connectivity index (χ3v) is 7.51. The number of aryl methyl sites for hydroxylation is 1. The minimum absolute atomic E-state index is 0.155. The van der Waals surface area contributed by atoms with Crippen molar-refractivity contribution in [3.63, 3.8) is 0 Å². The number of allylic oxidation sites excluding steroid dienone is 1. The molecule has 3 aromatic rings. The van der Waals surface area contributed by atoms with Crippen LogP contribution in [0.1, 0.15) is 57.4 Å². The van der Waals surface area contributed by atoms with E-state index in [1.165, 1.54) is 6.07 Å². The Labute approximate surface area is 219 Å². The first-order chi connectivity index (χ1) is 18.3. The molecule has 198 valence electrons. The van der Waals surface area contributed by atoms with Gasteiger partial charge < -0.3 is 10.0 Å². The molecule has 1 aliphatic carbocycles. The Morgan fingerprint density at radius 3 is 2.32 bits per heavy atom. The molecule has 3 aromatic carbocycles. The zero-order chi connectivity index (χ0) is 26.8. The molecule has 0 amide bonds. The van der Waals surface area contributed by atoms with Crippen LogP contribution >= 0.6 is 0 Å². The molecular weight excluding hydrogens is 494 g/mol. The summed E-state index contributed by atoms with van der Waals surface area (Å²) in [6.45, 7) is 2.37. The van der Waals surface area contributed by atoms with Crippen molar-refractivity contribution in [2.75, 3.05) is 26.3 Å². The number of carboxylic acid groups (broad SMARTS) is 1. The number of nitrogens with zero attached hydrogens (tertiary/aromatic N) is 1. The number of likely N-dealkylation sites (tertiary alicyclic amines) is 1. The van der Waals surface area contributed by atoms with Gasteiger partial charge >= 0.3 is 5.97 Å². The second-order valence-electron chi connectivity index (χ2n) is 10.2. The molecule has 0 spiro atoms. The zero-order valence-corrected chi connectivity index (χ0v) is 21.0. The van der Waals surface area contributed by atoms with Crippen molar-refractivity contribution in [3.8, 4) is 0 Å². The van der Waals surface area contributed by atoms with Crippen LogP contribution in [0.5, 0.6) is 0 Å².